The van der Waals surface area contributed by atoms with Crippen LogP contribution in [0.4, 0.5) is 14.7 Å². The van der Waals surface area contributed by atoms with E-state index < -0.39 is 17.7 Å². The number of aliphatic hydroxyl groups excluding tert-OH is 1. The first-order valence-electron chi connectivity index (χ1n) is 6.15. The van der Waals surface area contributed by atoms with Gasteiger partial charge in [0.1, 0.15) is 0 Å². The van der Waals surface area contributed by atoms with Crippen molar-refractivity contribution in [3.05, 3.63) is 52.9 Å². The van der Waals surface area contributed by atoms with Gasteiger partial charge in [0.05, 0.1) is 6.10 Å². The molecule has 1 aromatic carbocycles. The maximum atomic E-state index is 13.1. The van der Waals surface area contributed by atoms with Gasteiger partial charge in [0.2, 0.25) is 5.95 Å². The minimum atomic E-state index is -0.982. The van der Waals surface area contributed by atoms with Crippen molar-refractivity contribution >= 4 is 5.95 Å². The van der Waals surface area contributed by atoms with E-state index in [4.69, 9.17) is 0 Å². The molecule has 1 aromatic heterocycles. The van der Waals surface area contributed by atoms with E-state index in [0.29, 0.717) is 11.5 Å². The first kappa shape index (κ1) is 14.3. The van der Waals surface area contributed by atoms with Gasteiger partial charge in [-0.3, -0.25) is 0 Å². The summed E-state index contributed by atoms with van der Waals surface area (Å²) in [6.07, 6.45) is -0.977. The zero-order valence-electron chi connectivity index (χ0n) is 11.2. The molecule has 0 spiro atoms. The van der Waals surface area contributed by atoms with Crippen LogP contribution in [0.3, 0.4) is 0 Å². The molecule has 2 aromatic rings. The zero-order valence-corrected chi connectivity index (χ0v) is 11.2. The van der Waals surface area contributed by atoms with Crippen LogP contribution in [0.1, 0.15) is 23.1 Å². The lowest BCUT2D eigenvalue weighted by atomic mass is 10.1. The van der Waals surface area contributed by atoms with E-state index in [-0.39, 0.29) is 6.54 Å². The topological polar surface area (TPSA) is 58.0 Å². The third kappa shape index (κ3) is 3.48. The van der Waals surface area contributed by atoms with Crippen LogP contribution in [0.25, 0.3) is 0 Å². The number of aryl methyl sites for hydroxylation is 2. The van der Waals surface area contributed by atoms with Gasteiger partial charge in [-0.1, -0.05) is 6.07 Å². The predicted molar refractivity (Wildman–Crippen MR) is 71.3 cm³/mol. The van der Waals surface area contributed by atoms with Gasteiger partial charge in [-0.2, -0.15) is 0 Å². The fraction of sp³-hybridized carbons (Fsp3) is 0.286. The number of aliphatic hydroxyl groups is 1. The van der Waals surface area contributed by atoms with Crippen molar-refractivity contribution in [2.45, 2.75) is 20.0 Å². The Kier molecular flexibility index (Phi) is 4.24. The number of rotatable bonds is 4. The quantitative estimate of drug-likeness (QED) is 0.903. The molecule has 0 saturated heterocycles. The summed E-state index contributed by atoms with van der Waals surface area (Å²) in [7, 11) is 0. The number of benzene rings is 1. The monoisotopic (exact) mass is 279 g/mol. The van der Waals surface area contributed by atoms with E-state index >= 15 is 0 Å². The molecule has 2 N–H and O–H groups in total. The molecule has 6 heteroatoms. The van der Waals surface area contributed by atoms with Crippen LogP contribution < -0.4 is 5.32 Å². The van der Waals surface area contributed by atoms with Crippen LogP contribution in [-0.2, 0) is 0 Å². The minimum absolute atomic E-state index is 0.105. The largest absolute Gasteiger partial charge is 0.387 e. The molecule has 0 radical (unpaired) electrons. The molecule has 2 rings (SSSR count). The highest BCUT2D eigenvalue weighted by Crippen LogP contribution is 2.16. The van der Waals surface area contributed by atoms with Crippen LogP contribution >= 0.6 is 0 Å². The second-order valence-electron chi connectivity index (χ2n) is 4.54. The smallest absolute Gasteiger partial charge is 0.223 e. The molecule has 1 atom stereocenters. The fourth-order valence-electron chi connectivity index (χ4n) is 1.83. The van der Waals surface area contributed by atoms with Crippen molar-refractivity contribution in [2.75, 3.05) is 11.9 Å². The molecule has 20 heavy (non-hydrogen) atoms. The van der Waals surface area contributed by atoms with E-state index in [9.17, 15) is 13.9 Å². The minimum Gasteiger partial charge on any atom is -0.387 e. The highest BCUT2D eigenvalue weighted by atomic mass is 19.2. The second kappa shape index (κ2) is 5.92. The summed E-state index contributed by atoms with van der Waals surface area (Å²) in [5, 5.41) is 12.8. The number of nitrogens with one attached hydrogen (secondary N) is 1. The molecule has 4 nitrogen and oxygen atoms in total. The molecular weight excluding hydrogens is 264 g/mol. The number of hydrogen-bond acceptors (Lipinski definition) is 4. The van der Waals surface area contributed by atoms with Gasteiger partial charge in [-0.15, -0.1) is 0 Å². The summed E-state index contributed by atoms with van der Waals surface area (Å²) in [5.74, 6) is -1.53. The maximum Gasteiger partial charge on any atom is 0.223 e. The van der Waals surface area contributed by atoms with Crippen LogP contribution in [0.15, 0.2) is 24.3 Å². The van der Waals surface area contributed by atoms with Crippen LogP contribution in [0.5, 0.6) is 0 Å². The highest BCUT2D eigenvalue weighted by Gasteiger charge is 2.11. The Morgan fingerprint density at radius 2 is 1.75 bits per heavy atom. The molecule has 0 bridgehead atoms. The number of hydrogen-bond donors (Lipinski definition) is 2. The van der Waals surface area contributed by atoms with Gasteiger partial charge in [0.25, 0.3) is 0 Å². The van der Waals surface area contributed by atoms with Gasteiger partial charge in [0, 0.05) is 17.9 Å². The molecular formula is C14H15F2N3O. The summed E-state index contributed by atoms with van der Waals surface area (Å²) in [6, 6.07) is 5.13. The van der Waals surface area contributed by atoms with E-state index in [1.54, 1.807) is 0 Å². The fourth-order valence-corrected chi connectivity index (χ4v) is 1.83. The Hall–Kier alpha value is -2.08. The average molecular weight is 279 g/mol. The number of nitrogens with zero attached hydrogens (tertiary/aromatic N) is 2. The number of anilines is 1. The Bertz CT molecular complexity index is 599. The van der Waals surface area contributed by atoms with Crippen molar-refractivity contribution in [1.82, 2.24) is 9.97 Å². The summed E-state index contributed by atoms with van der Waals surface area (Å²) >= 11 is 0. The first-order chi connectivity index (χ1) is 9.45. The van der Waals surface area contributed by atoms with Gasteiger partial charge in [0.15, 0.2) is 11.6 Å². The Morgan fingerprint density at radius 3 is 2.35 bits per heavy atom. The van der Waals surface area contributed by atoms with Crippen molar-refractivity contribution < 1.29 is 13.9 Å². The maximum absolute atomic E-state index is 13.1. The Labute approximate surface area is 115 Å². The molecule has 106 valence electrons. The molecule has 0 aliphatic carbocycles. The third-order valence-electron chi connectivity index (χ3n) is 2.76. The summed E-state index contributed by atoms with van der Waals surface area (Å²) < 4.78 is 25.9. The van der Waals surface area contributed by atoms with Crippen molar-refractivity contribution in [3.8, 4) is 0 Å². The normalized spacial score (nSPS) is 12.2. The van der Waals surface area contributed by atoms with Gasteiger partial charge < -0.3 is 10.4 Å². The second-order valence-corrected chi connectivity index (χ2v) is 4.54. The lowest BCUT2D eigenvalue weighted by Crippen LogP contribution is -2.14. The lowest BCUT2D eigenvalue weighted by Gasteiger charge is -2.13. The standard InChI is InChI=1S/C14H15F2N3O/c1-8-5-9(2)19-14(18-8)17-7-13(20)10-3-4-11(15)12(16)6-10/h3-6,13,20H,7H2,1-2H3,(H,17,18,19)/t13-/m0/s1. The van der Waals surface area contributed by atoms with Crippen molar-refractivity contribution in [3.63, 3.8) is 0 Å². The van der Waals surface area contributed by atoms with Gasteiger partial charge >= 0.3 is 0 Å². The van der Waals surface area contributed by atoms with Crippen molar-refractivity contribution in [2.24, 2.45) is 0 Å². The van der Waals surface area contributed by atoms with Crippen LogP contribution in [0, 0.1) is 25.5 Å². The first-order valence-corrected chi connectivity index (χ1v) is 6.15. The molecule has 0 aliphatic heterocycles. The molecule has 1 heterocycles. The zero-order chi connectivity index (χ0) is 14.7. The molecule has 0 fully saturated rings. The molecule has 0 aliphatic rings. The van der Waals surface area contributed by atoms with Gasteiger partial charge in [-0.05, 0) is 37.6 Å². The molecule has 0 amide bonds. The summed E-state index contributed by atoms with van der Waals surface area (Å²) in [5.41, 5.74) is 1.91. The highest BCUT2D eigenvalue weighted by molar-refractivity contribution is 5.29. The van der Waals surface area contributed by atoms with E-state index in [0.717, 1.165) is 23.5 Å². The molecule has 0 saturated carbocycles. The summed E-state index contributed by atoms with van der Waals surface area (Å²) in [4.78, 5) is 8.33. The average Bonchev–Trinajstić information content (AvgIpc) is 2.38. The Balaban J connectivity index is 2.04. The number of halogens is 2. The predicted octanol–water partition coefficient (Wildman–Crippen LogP) is 2.52. The SMILES string of the molecule is Cc1cc(C)nc(NC[C@H](O)c2ccc(F)c(F)c2)n1. The van der Waals surface area contributed by atoms with Crippen molar-refractivity contribution in [1.29, 1.82) is 0 Å². The van der Waals surface area contributed by atoms with E-state index in [1.807, 2.05) is 19.9 Å². The van der Waals surface area contributed by atoms with Gasteiger partial charge in [-0.25, -0.2) is 18.7 Å². The Morgan fingerprint density at radius 1 is 1.10 bits per heavy atom. The summed E-state index contributed by atoms with van der Waals surface area (Å²) in [6.45, 7) is 3.78. The van der Waals surface area contributed by atoms with Crippen LogP contribution in [-0.4, -0.2) is 21.6 Å². The van der Waals surface area contributed by atoms with E-state index in [2.05, 4.69) is 15.3 Å². The molecule has 0 unspecified atom stereocenters. The lowest BCUT2D eigenvalue weighted by molar-refractivity contribution is 0.190. The number of aromatic nitrogens is 2. The van der Waals surface area contributed by atoms with Crippen LogP contribution in [0.2, 0.25) is 0 Å². The van der Waals surface area contributed by atoms with E-state index in [1.165, 1.54) is 6.07 Å². The third-order valence-corrected chi connectivity index (χ3v) is 2.76.